The van der Waals surface area contributed by atoms with Crippen molar-refractivity contribution in [3.8, 4) is 0 Å². The van der Waals surface area contributed by atoms with Gasteiger partial charge in [-0.15, -0.1) is 11.8 Å². The van der Waals surface area contributed by atoms with E-state index in [9.17, 15) is 9.90 Å². The maximum Gasteiger partial charge on any atom is 0.232 e. The predicted molar refractivity (Wildman–Crippen MR) is 88.4 cm³/mol. The number of aliphatic hydroxyl groups is 1. The molecule has 1 saturated heterocycles. The van der Waals surface area contributed by atoms with E-state index in [-0.39, 0.29) is 5.91 Å². The second kappa shape index (κ2) is 7.32. The molecule has 21 heavy (non-hydrogen) atoms. The summed E-state index contributed by atoms with van der Waals surface area (Å²) in [6, 6.07) is 8.45. The van der Waals surface area contributed by atoms with Crippen LogP contribution < -0.4 is 0 Å². The van der Waals surface area contributed by atoms with Gasteiger partial charge < -0.3 is 10.0 Å². The Morgan fingerprint density at radius 2 is 2.00 bits per heavy atom. The van der Waals surface area contributed by atoms with Crippen LogP contribution in [0.3, 0.4) is 0 Å². The van der Waals surface area contributed by atoms with E-state index in [2.05, 4.69) is 31.2 Å². The molecular formula is C17H25NO2S. The number of thioether (sulfide) groups is 1. The molecule has 4 heteroatoms. The molecule has 1 atom stereocenters. The smallest absolute Gasteiger partial charge is 0.232 e. The lowest BCUT2D eigenvalue weighted by molar-refractivity contribution is -0.128. The number of rotatable bonds is 4. The first kappa shape index (κ1) is 16.4. The van der Waals surface area contributed by atoms with Gasteiger partial charge in [-0.05, 0) is 38.7 Å². The lowest BCUT2D eigenvalue weighted by Crippen LogP contribution is -2.34. The van der Waals surface area contributed by atoms with E-state index in [4.69, 9.17) is 0 Å². The van der Waals surface area contributed by atoms with Gasteiger partial charge in [0.1, 0.15) is 0 Å². The monoisotopic (exact) mass is 307 g/mol. The summed E-state index contributed by atoms with van der Waals surface area (Å²) in [6.45, 7) is 5.40. The van der Waals surface area contributed by atoms with Gasteiger partial charge in [0, 0.05) is 18.8 Å². The van der Waals surface area contributed by atoms with Gasteiger partial charge in [0.2, 0.25) is 5.91 Å². The zero-order valence-electron chi connectivity index (χ0n) is 13.0. The second-order valence-corrected chi connectivity index (χ2v) is 7.20. The van der Waals surface area contributed by atoms with Crippen LogP contribution in [0.5, 0.6) is 0 Å². The highest BCUT2D eigenvalue weighted by Crippen LogP contribution is 2.22. The molecule has 0 radical (unpaired) electrons. The molecule has 1 heterocycles. The highest BCUT2D eigenvalue weighted by molar-refractivity contribution is 7.99. The largest absolute Gasteiger partial charge is 0.390 e. The van der Waals surface area contributed by atoms with Crippen molar-refractivity contribution >= 4 is 17.7 Å². The van der Waals surface area contributed by atoms with Crippen molar-refractivity contribution in [1.29, 1.82) is 0 Å². The van der Waals surface area contributed by atoms with Gasteiger partial charge in [0.25, 0.3) is 0 Å². The maximum atomic E-state index is 12.2. The summed E-state index contributed by atoms with van der Waals surface area (Å²) in [5.74, 6) is 1.60. The molecule has 3 nitrogen and oxygen atoms in total. The Kier molecular flexibility index (Phi) is 5.71. The van der Waals surface area contributed by atoms with Crippen molar-refractivity contribution in [2.75, 3.05) is 18.8 Å². The lowest BCUT2D eigenvalue weighted by Gasteiger charge is -2.22. The molecular weight excluding hydrogens is 282 g/mol. The number of aryl methyl sites for hydroxylation is 1. The summed E-state index contributed by atoms with van der Waals surface area (Å²) >= 11 is 1.67. The van der Waals surface area contributed by atoms with Crippen molar-refractivity contribution in [3.05, 3.63) is 35.4 Å². The topological polar surface area (TPSA) is 40.5 Å². The number of hydrogen-bond donors (Lipinski definition) is 1. The highest BCUT2D eigenvalue weighted by Gasteiger charge is 2.26. The summed E-state index contributed by atoms with van der Waals surface area (Å²) in [7, 11) is 0. The molecule has 116 valence electrons. The predicted octanol–water partition coefficient (Wildman–Crippen LogP) is 2.99. The fourth-order valence-electron chi connectivity index (χ4n) is 2.54. The number of amides is 1. The molecule has 0 aromatic heterocycles. The number of likely N-dealkylation sites (tertiary alicyclic amines) is 1. The van der Waals surface area contributed by atoms with E-state index in [1.165, 1.54) is 11.1 Å². The van der Waals surface area contributed by atoms with Crippen molar-refractivity contribution < 1.29 is 9.90 Å². The molecule has 0 saturated carbocycles. The fourth-order valence-corrected chi connectivity index (χ4v) is 3.43. The van der Waals surface area contributed by atoms with Gasteiger partial charge in [-0.2, -0.15) is 0 Å². The van der Waals surface area contributed by atoms with Crippen molar-refractivity contribution in [2.45, 2.75) is 44.5 Å². The van der Waals surface area contributed by atoms with E-state index < -0.39 is 5.60 Å². The zero-order valence-corrected chi connectivity index (χ0v) is 13.8. The van der Waals surface area contributed by atoms with Crippen LogP contribution in [0.15, 0.2) is 24.3 Å². The van der Waals surface area contributed by atoms with E-state index in [1.807, 2.05) is 11.8 Å². The van der Waals surface area contributed by atoms with Crippen molar-refractivity contribution in [1.82, 2.24) is 4.90 Å². The molecule has 0 aliphatic carbocycles. The molecule has 0 bridgehead atoms. The Morgan fingerprint density at radius 3 is 2.71 bits per heavy atom. The molecule has 1 aliphatic heterocycles. The standard InChI is InChI=1S/C17H25NO2S/c1-14-4-6-15(7-5-14)12-21-13-16(19)18-10-3-8-17(2,20)9-11-18/h4-7,20H,3,8-13H2,1-2H3. The first-order chi connectivity index (χ1) is 9.96. The minimum Gasteiger partial charge on any atom is -0.390 e. The van der Waals surface area contributed by atoms with Crippen LogP contribution in [-0.4, -0.2) is 40.4 Å². The summed E-state index contributed by atoms with van der Waals surface area (Å²) in [4.78, 5) is 14.1. The highest BCUT2D eigenvalue weighted by atomic mass is 32.2. The molecule has 0 spiro atoms. The van der Waals surface area contributed by atoms with Gasteiger partial charge in [-0.25, -0.2) is 0 Å². The van der Waals surface area contributed by atoms with Crippen LogP contribution in [0.25, 0.3) is 0 Å². The average Bonchev–Trinajstić information content (AvgIpc) is 2.62. The average molecular weight is 307 g/mol. The third-order valence-electron chi connectivity index (χ3n) is 4.03. The number of benzene rings is 1. The maximum absolute atomic E-state index is 12.2. The molecule has 1 fully saturated rings. The van der Waals surface area contributed by atoms with Crippen molar-refractivity contribution in [3.63, 3.8) is 0 Å². The van der Waals surface area contributed by atoms with Gasteiger partial charge in [0.05, 0.1) is 11.4 Å². The number of nitrogens with zero attached hydrogens (tertiary/aromatic N) is 1. The molecule has 1 aromatic rings. The third kappa shape index (κ3) is 5.36. The Labute approximate surface area is 131 Å². The van der Waals surface area contributed by atoms with Crippen LogP contribution >= 0.6 is 11.8 Å². The molecule has 1 N–H and O–H groups in total. The third-order valence-corrected chi connectivity index (χ3v) is 5.02. The van der Waals surface area contributed by atoms with Crippen LogP contribution in [0.4, 0.5) is 0 Å². The molecule has 2 rings (SSSR count). The van der Waals surface area contributed by atoms with E-state index in [0.717, 1.165) is 25.1 Å². The SMILES string of the molecule is Cc1ccc(CSCC(=O)N2CCCC(C)(O)CC2)cc1. The molecule has 1 amide bonds. The summed E-state index contributed by atoms with van der Waals surface area (Å²) in [6.07, 6.45) is 2.36. The van der Waals surface area contributed by atoms with Gasteiger partial charge in [-0.3, -0.25) is 4.79 Å². The number of carbonyl (C=O) groups excluding carboxylic acids is 1. The Morgan fingerprint density at radius 1 is 1.29 bits per heavy atom. The van der Waals surface area contributed by atoms with Crippen molar-refractivity contribution in [2.24, 2.45) is 0 Å². The summed E-state index contributed by atoms with van der Waals surface area (Å²) in [5, 5.41) is 10.1. The van der Waals surface area contributed by atoms with Gasteiger partial charge in [0.15, 0.2) is 0 Å². The fraction of sp³-hybridized carbons (Fsp3) is 0.588. The van der Waals surface area contributed by atoms with Gasteiger partial charge in [-0.1, -0.05) is 29.8 Å². The summed E-state index contributed by atoms with van der Waals surface area (Å²) in [5.41, 5.74) is 1.91. The van der Waals surface area contributed by atoms with E-state index >= 15 is 0 Å². The Hall–Kier alpha value is -1.00. The minimum absolute atomic E-state index is 0.199. The number of hydrogen-bond acceptors (Lipinski definition) is 3. The van der Waals surface area contributed by atoms with E-state index in [0.29, 0.717) is 18.7 Å². The quantitative estimate of drug-likeness (QED) is 0.929. The zero-order chi connectivity index (χ0) is 15.3. The summed E-state index contributed by atoms with van der Waals surface area (Å²) < 4.78 is 0. The Bertz CT molecular complexity index is 470. The van der Waals surface area contributed by atoms with Gasteiger partial charge >= 0.3 is 0 Å². The first-order valence-electron chi connectivity index (χ1n) is 7.60. The minimum atomic E-state index is -0.607. The van der Waals surface area contributed by atoms with E-state index in [1.54, 1.807) is 11.8 Å². The second-order valence-electron chi connectivity index (χ2n) is 6.21. The van der Waals surface area contributed by atoms with Crippen LogP contribution in [0, 0.1) is 6.92 Å². The Balaban J connectivity index is 1.75. The van der Waals surface area contributed by atoms with Crippen LogP contribution in [0.1, 0.15) is 37.3 Å². The number of carbonyl (C=O) groups is 1. The van der Waals surface area contributed by atoms with Crippen LogP contribution in [-0.2, 0) is 10.5 Å². The first-order valence-corrected chi connectivity index (χ1v) is 8.75. The lowest BCUT2D eigenvalue weighted by atomic mass is 9.98. The normalized spacial score (nSPS) is 22.9. The molecule has 1 aliphatic rings. The van der Waals surface area contributed by atoms with Crippen LogP contribution in [0.2, 0.25) is 0 Å². The molecule has 1 unspecified atom stereocenters. The molecule has 1 aromatic carbocycles.